The van der Waals surface area contributed by atoms with Gasteiger partial charge >= 0.3 is 6.03 Å². The van der Waals surface area contributed by atoms with Crippen LogP contribution in [0.2, 0.25) is 0 Å². The average molecular weight is 183 g/mol. The molecule has 4 nitrogen and oxygen atoms in total. The second kappa shape index (κ2) is 4.25. The molecular formula is C9H17N3O. The van der Waals surface area contributed by atoms with E-state index in [2.05, 4.69) is 12.2 Å². The summed E-state index contributed by atoms with van der Waals surface area (Å²) in [5, 5.41) is 10.0. The first-order chi connectivity index (χ1) is 6.16. The molecule has 0 aliphatic carbocycles. The highest BCUT2D eigenvalue weighted by Gasteiger charge is 2.31. The first kappa shape index (κ1) is 10.0. The fraction of sp³-hybridized carbons (Fsp3) is 0.778. The summed E-state index contributed by atoms with van der Waals surface area (Å²) >= 11 is 0. The van der Waals surface area contributed by atoms with Crippen molar-refractivity contribution in [1.29, 1.82) is 5.41 Å². The Morgan fingerprint density at radius 1 is 1.54 bits per heavy atom. The van der Waals surface area contributed by atoms with Gasteiger partial charge in [-0.1, -0.05) is 26.2 Å². The third-order valence-corrected chi connectivity index (χ3v) is 2.44. The summed E-state index contributed by atoms with van der Waals surface area (Å²) in [6.45, 7) is 2.15. The number of rotatable bonds is 4. The molecule has 0 bridgehead atoms. The largest absolute Gasteiger partial charge is 0.323 e. The third kappa shape index (κ3) is 2.20. The summed E-state index contributed by atoms with van der Waals surface area (Å²) < 4.78 is 0. The van der Waals surface area contributed by atoms with Crippen LogP contribution in [0.1, 0.15) is 32.6 Å². The van der Waals surface area contributed by atoms with E-state index in [1.54, 1.807) is 11.9 Å². The van der Waals surface area contributed by atoms with Gasteiger partial charge in [-0.3, -0.25) is 10.7 Å². The van der Waals surface area contributed by atoms with E-state index >= 15 is 0 Å². The lowest BCUT2D eigenvalue weighted by Gasteiger charge is -2.16. The van der Waals surface area contributed by atoms with E-state index in [0.29, 0.717) is 5.84 Å². The Morgan fingerprint density at radius 2 is 2.23 bits per heavy atom. The average Bonchev–Trinajstić information content (AvgIpc) is 2.32. The van der Waals surface area contributed by atoms with E-state index < -0.39 is 0 Å². The Balaban J connectivity index is 2.40. The molecule has 1 aliphatic heterocycles. The molecule has 13 heavy (non-hydrogen) atoms. The van der Waals surface area contributed by atoms with Gasteiger partial charge < -0.3 is 4.90 Å². The second-order valence-electron chi connectivity index (χ2n) is 3.47. The molecule has 1 aliphatic rings. The highest BCUT2D eigenvalue weighted by Crippen LogP contribution is 2.13. The van der Waals surface area contributed by atoms with Crippen molar-refractivity contribution in [3.8, 4) is 0 Å². The van der Waals surface area contributed by atoms with E-state index in [9.17, 15) is 4.79 Å². The molecule has 2 N–H and O–H groups in total. The number of nitrogens with zero attached hydrogens (tertiary/aromatic N) is 1. The summed E-state index contributed by atoms with van der Waals surface area (Å²) in [4.78, 5) is 12.7. The molecule has 1 atom stereocenters. The molecule has 0 spiro atoms. The van der Waals surface area contributed by atoms with Crippen LogP contribution in [0.25, 0.3) is 0 Å². The van der Waals surface area contributed by atoms with Gasteiger partial charge in [0.25, 0.3) is 0 Å². The molecule has 0 aromatic rings. The molecule has 2 amide bonds. The van der Waals surface area contributed by atoms with Crippen molar-refractivity contribution < 1.29 is 4.79 Å². The second-order valence-corrected chi connectivity index (χ2v) is 3.47. The van der Waals surface area contributed by atoms with Gasteiger partial charge in [0, 0.05) is 7.05 Å². The van der Waals surface area contributed by atoms with Crippen LogP contribution < -0.4 is 5.32 Å². The normalized spacial score (nSPS) is 22.3. The lowest BCUT2D eigenvalue weighted by Crippen LogP contribution is -2.30. The third-order valence-electron chi connectivity index (χ3n) is 2.44. The van der Waals surface area contributed by atoms with Crippen LogP contribution in [0.3, 0.4) is 0 Å². The van der Waals surface area contributed by atoms with Crippen molar-refractivity contribution in [3.05, 3.63) is 0 Å². The van der Waals surface area contributed by atoms with E-state index in [4.69, 9.17) is 5.41 Å². The van der Waals surface area contributed by atoms with Crippen LogP contribution in [-0.2, 0) is 0 Å². The Labute approximate surface area is 78.8 Å². The molecule has 0 aromatic carbocycles. The lowest BCUT2D eigenvalue weighted by molar-refractivity contribution is 0.215. The quantitative estimate of drug-likeness (QED) is 0.638. The van der Waals surface area contributed by atoms with Crippen molar-refractivity contribution in [1.82, 2.24) is 10.2 Å². The van der Waals surface area contributed by atoms with Crippen molar-refractivity contribution in [2.75, 3.05) is 7.05 Å². The van der Waals surface area contributed by atoms with Crippen LogP contribution in [0.15, 0.2) is 0 Å². The molecule has 0 radical (unpaired) electrons. The molecule has 0 aromatic heterocycles. The Bertz CT molecular complexity index is 215. The topological polar surface area (TPSA) is 56.2 Å². The maximum absolute atomic E-state index is 11.1. The van der Waals surface area contributed by atoms with E-state index in [-0.39, 0.29) is 12.1 Å². The molecule has 1 rings (SSSR count). The number of hydrogen-bond donors (Lipinski definition) is 2. The number of hydrogen-bond acceptors (Lipinski definition) is 2. The first-order valence-electron chi connectivity index (χ1n) is 4.79. The van der Waals surface area contributed by atoms with Crippen molar-refractivity contribution in [2.45, 2.75) is 38.6 Å². The molecule has 1 fully saturated rings. The summed E-state index contributed by atoms with van der Waals surface area (Å²) in [7, 11) is 1.74. The SMILES string of the molecule is CCCCCC1C(=N)NC(=O)N1C. The van der Waals surface area contributed by atoms with Gasteiger partial charge in [0.05, 0.1) is 6.04 Å². The van der Waals surface area contributed by atoms with Crippen molar-refractivity contribution in [2.24, 2.45) is 0 Å². The monoisotopic (exact) mass is 183 g/mol. The Morgan fingerprint density at radius 3 is 2.69 bits per heavy atom. The van der Waals surface area contributed by atoms with Crippen LogP contribution in [0, 0.1) is 5.41 Å². The fourth-order valence-electron chi connectivity index (χ4n) is 1.55. The standard InChI is InChI=1S/C9H17N3O/c1-3-4-5-6-7-8(10)11-9(13)12(7)2/h7H,3-6H2,1-2H3,(H2,10,11,13). The summed E-state index contributed by atoms with van der Waals surface area (Å²) in [5.41, 5.74) is 0. The number of amidine groups is 1. The predicted molar refractivity (Wildman–Crippen MR) is 52.0 cm³/mol. The van der Waals surface area contributed by atoms with Crippen LogP contribution >= 0.6 is 0 Å². The smallest absolute Gasteiger partial charge is 0.317 e. The molecule has 1 unspecified atom stereocenters. The molecule has 0 saturated carbocycles. The molecule has 4 heteroatoms. The molecule has 1 saturated heterocycles. The Hall–Kier alpha value is -1.06. The highest BCUT2D eigenvalue weighted by molar-refractivity contribution is 6.05. The van der Waals surface area contributed by atoms with Gasteiger partial charge in [-0.25, -0.2) is 4.79 Å². The number of carbonyl (C=O) groups is 1. The van der Waals surface area contributed by atoms with Crippen LogP contribution in [0.5, 0.6) is 0 Å². The maximum atomic E-state index is 11.1. The number of carbonyl (C=O) groups excluding carboxylic acids is 1. The zero-order valence-corrected chi connectivity index (χ0v) is 8.26. The summed E-state index contributed by atoms with van der Waals surface area (Å²) in [6.07, 6.45) is 4.34. The predicted octanol–water partition coefficient (Wildman–Crippen LogP) is 1.57. The summed E-state index contributed by atoms with van der Waals surface area (Å²) in [5.74, 6) is 0.351. The Kier molecular flexibility index (Phi) is 3.28. The number of unbranched alkanes of at least 4 members (excludes halogenated alkanes) is 2. The van der Waals surface area contributed by atoms with Crippen LogP contribution in [0.4, 0.5) is 4.79 Å². The zero-order chi connectivity index (χ0) is 9.84. The minimum atomic E-state index is -0.147. The van der Waals surface area contributed by atoms with Gasteiger partial charge in [-0.15, -0.1) is 0 Å². The number of amides is 2. The van der Waals surface area contributed by atoms with Gasteiger partial charge in [0.2, 0.25) is 0 Å². The molecule has 74 valence electrons. The highest BCUT2D eigenvalue weighted by atomic mass is 16.2. The lowest BCUT2D eigenvalue weighted by atomic mass is 10.1. The minimum absolute atomic E-state index is 0.0148. The molecular weight excluding hydrogens is 166 g/mol. The fourth-order valence-corrected chi connectivity index (χ4v) is 1.55. The van der Waals surface area contributed by atoms with Gasteiger partial charge in [0.15, 0.2) is 0 Å². The molecule has 1 heterocycles. The van der Waals surface area contributed by atoms with Gasteiger partial charge in [0.1, 0.15) is 5.84 Å². The maximum Gasteiger partial charge on any atom is 0.323 e. The number of likely N-dealkylation sites (N-methyl/N-ethyl adjacent to an activating group) is 1. The number of urea groups is 1. The summed E-state index contributed by atoms with van der Waals surface area (Å²) in [6, 6.07) is -0.162. The van der Waals surface area contributed by atoms with Crippen molar-refractivity contribution in [3.63, 3.8) is 0 Å². The zero-order valence-electron chi connectivity index (χ0n) is 8.26. The van der Waals surface area contributed by atoms with Crippen molar-refractivity contribution >= 4 is 11.9 Å². The van der Waals surface area contributed by atoms with E-state index in [1.807, 2.05) is 0 Å². The minimum Gasteiger partial charge on any atom is -0.317 e. The van der Waals surface area contributed by atoms with E-state index in [0.717, 1.165) is 12.8 Å². The number of nitrogens with one attached hydrogen (secondary N) is 2. The van der Waals surface area contributed by atoms with E-state index in [1.165, 1.54) is 12.8 Å². The van der Waals surface area contributed by atoms with Gasteiger partial charge in [-0.2, -0.15) is 0 Å². The first-order valence-corrected chi connectivity index (χ1v) is 4.79. The van der Waals surface area contributed by atoms with Crippen LogP contribution in [-0.4, -0.2) is 29.9 Å². The van der Waals surface area contributed by atoms with Gasteiger partial charge in [-0.05, 0) is 6.42 Å².